The number of carbonyl (C=O) groups excluding carboxylic acids is 2. The van der Waals surface area contributed by atoms with Crippen LogP contribution in [0, 0.1) is 0 Å². The topological polar surface area (TPSA) is 72.2 Å². The van der Waals surface area contributed by atoms with Crippen LogP contribution in [0.15, 0.2) is 24.3 Å². The Morgan fingerprint density at radius 3 is 2.76 bits per heavy atom. The van der Waals surface area contributed by atoms with Crippen LogP contribution in [-0.4, -0.2) is 11.8 Å². The Hall–Kier alpha value is -1.84. The molecule has 0 saturated heterocycles. The minimum Gasteiger partial charge on any atom is -0.370 e. The number of rotatable bonds is 4. The van der Waals surface area contributed by atoms with E-state index in [0.29, 0.717) is 12.8 Å². The number of fused-ring (bicyclic) bond motifs is 1. The predicted octanol–water partition coefficient (Wildman–Crippen LogP) is 1.55. The SMILES string of the molecule is CCC1(CCC(N)=O)C(=O)Nc2ccccc21. The maximum Gasteiger partial charge on any atom is 0.235 e. The van der Waals surface area contributed by atoms with Crippen molar-refractivity contribution in [3.63, 3.8) is 0 Å². The van der Waals surface area contributed by atoms with Gasteiger partial charge in [-0.05, 0) is 24.5 Å². The molecule has 1 aliphatic rings. The van der Waals surface area contributed by atoms with Crippen molar-refractivity contribution in [2.24, 2.45) is 5.73 Å². The second kappa shape index (κ2) is 4.20. The molecule has 0 saturated carbocycles. The standard InChI is InChI=1S/C13H16N2O2/c1-2-13(8-7-11(14)16)9-5-3-4-6-10(9)15-12(13)17/h3-6H,2,7-8H2,1H3,(H2,14,16)(H,15,17). The lowest BCUT2D eigenvalue weighted by molar-refractivity contribution is -0.122. The average Bonchev–Trinajstić information content (AvgIpc) is 2.59. The van der Waals surface area contributed by atoms with E-state index in [0.717, 1.165) is 11.3 Å². The molecular formula is C13H16N2O2. The molecule has 0 bridgehead atoms. The van der Waals surface area contributed by atoms with Crippen molar-refractivity contribution >= 4 is 17.5 Å². The van der Waals surface area contributed by atoms with E-state index in [1.165, 1.54) is 0 Å². The number of para-hydroxylation sites is 1. The molecule has 0 aliphatic carbocycles. The van der Waals surface area contributed by atoms with Gasteiger partial charge >= 0.3 is 0 Å². The normalized spacial score (nSPS) is 22.1. The quantitative estimate of drug-likeness (QED) is 0.826. The van der Waals surface area contributed by atoms with Crippen molar-refractivity contribution in [1.29, 1.82) is 0 Å². The molecule has 0 radical (unpaired) electrons. The van der Waals surface area contributed by atoms with Crippen molar-refractivity contribution in [2.45, 2.75) is 31.6 Å². The van der Waals surface area contributed by atoms with E-state index in [2.05, 4.69) is 5.32 Å². The monoisotopic (exact) mass is 232 g/mol. The van der Waals surface area contributed by atoms with Gasteiger partial charge in [0.2, 0.25) is 11.8 Å². The van der Waals surface area contributed by atoms with Crippen LogP contribution in [0.25, 0.3) is 0 Å². The number of nitrogens with one attached hydrogen (secondary N) is 1. The molecule has 1 atom stereocenters. The number of amides is 2. The van der Waals surface area contributed by atoms with Gasteiger partial charge in [-0.3, -0.25) is 9.59 Å². The number of primary amides is 1. The molecule has 0 spiro atoms. The molecule has 0 fully saturated rings. The van der Waals surface area contributed by atoms with E-state index in [4.69, 9.17) is 5.73 Å². The van der Waals surface area contributed by atoms with Crippen molar-refractivity contribution in [2.75, 3.05) is 5.32 Å². The zero-order chi connectivity index (χ0) is 12.5. The Balaban J connectivity index is 2.39. The van der Waals surface area contributed by atoms with Crippen LogP contribution < -0.4 is 11.1 Å². The summed E-state index contributed by atoms with van der Waals surface area (Å²) in [6, 6.07) is 7.62. The van der Waals surface area contributed by atoms with E-state index in [-0.39, 0.29) is 18.2 Å². The number of benzene rings is 1. The molecule has 2 rings (SSSR count). The van der Waals surface area contributed by atoms with Gasteiger partial charge in [0.25, 0.3) is 0 Å². The van der Waals surface area contributed by atoms with Crippen LogP contribution in [0.4, 0.5) is 5.69 Å². The summed E-state index contributed by atoms with van der Waals surface area (Å²) in [7, 11) is 0. The maximum absolute atomic E-state index is 12.1. The fourth-order valence-electron chi connectivity index (χ4n) is 2.49. The van der Waals surface area contributed by atoms with Crippen molar-refractivity contribution < 1.29 is 9.59 Å². The van der Waals surface area contributed by atoms with Crippen LogP contribution in [0.1, 0.15) is 31.7 Å². The summed E-state index contributed by atoms with van der Waals surface area (Å²) in [5.41, 5.74) is 6.42. The molecule has 2 amide bonds. The van der Waals surface area contributed by atoms with Gasteiger partial charge in [0.15, 0.2) is 0 Å². The molecule has 1 aliphatic heterocycles. The minimum atomic E-state index is -0.592. The average molecular weight is 232 g/mol. The van der Waals surface area contributed by atoms with Gasteiger partial charge in [-0.15, -0.1) is 0 Å². The molecule has 90 valence electrons. The first-order chi connectivity index (χ1) is 8.10. The summed E-state index contributed by atoms with van der Waals surface area (Å²) in [6.07, 6.45) is 1.38. The van der Waals surface area contributed by atoms with E-state index in [1.54, 1.807) is 0 Å². The zero-order valence-corrected chi connectivity index (χ0v) is 9.82. The fraction of sp³-hybridized carbons (Fsp3) is 0.385. The predicted molar refractivity (Wildman–Crippen MR) is 65.5 cm³/mol. The Morgan fingerprint density at radius 1 is 1.41 bits per heavy atom. The van der Waals surface area contributed by atoms with Gasteiger partial charge in [-0.2, -0.15) is 0 Å². The Morgan fingerprint density at radius 2 is 2.12 bits per heavy atom. The molecule has 1 unspecified atom stereocenters. The first kappa shape index (κ1) is 11.6. The van der Waals surface area contributed by atoms with Crippen molar-refractivity contribution in [3.05, 3.63) is 29.8 Å². The second-order valence-corrected chi connectivity index (χ2v) is 4.40. The van der Waals surface area contributed by atoms with Gasteiger partial charge in [0.1, 0.15) is 0 Å². The zero-order valence-electron chi connectivity index (χ0n) is 9.82. The van der Waals surface area contributed by atoms with E-state index >= 15 is 0 Å². The minimum absolute atomic E-state index is 0.0255. The van der Waals surface area contributed by atoms with Gasteiger partial charge < -0.3 is 11.1 Å². The first-order valence-corrected chi connectivity index (χ1v) is 5.79. The largest absolute Gasteiger partial charge is 0.370 e. The van der Waals surface area contributed by atoms with Crippen LogP contribution in [0.5, 0.6) is 0 Å². The fourth-order valence-corrected chi connectivity index (χ4v) is 2.49. The van der Waals surface area contributed by atoms with Crippen LogP contribution in [0.3, 0.4) is 0 Å². The molecule has 4 nitrogen and oxygen atoms in total. The van der Waals surface area contributed by atoms with Gasteiger partial charge in [0, 0.05) is 12.1 Å². The van der Waals surface area contributed by atoms with Crippen LogP contribution in [-0.2, 0) is 15.0 Å². The number of hydrogen-bond donors (Lipinski definition) is 2. The van der Waals surface area contributed by atoms with E-state index in [1.807, 2.05) is 31.2 Å². The van der Waals surface area contributed by atoms with Crippen LogP contribution in [0.2, 0.25) is 0 Å². The molecule has 3 N–H and O–H groups in total. The lowest BCUT2D eigenvalue weighted by Gasteiger charge is -2.25. The first-order valence-electron chi connectivity index (χ1n) is 5.79. The Kier molecular flexibility index (Phi) is 2.88. The third-order valence-electron chi connectivity index (χ3n) is 3.53. The van der Waals surface area contributed by atoms with E-state index in [9.17, 15) is 9.59 Å². The molecule has 0 aromatic heterocycles. The number of carbonyl (C=O) groups is 2. The number of nitrogens with two attached hydrogens (primary N) is 1. The summed E-state index contributed by atoms with van der Waals surface area (Å²) >= 11 is 0. The van der Waals surface area contributed by atoms with Gasteiger partial charge in [0.05, 0.1) is 5.41 Å². The molecule has 1 aromatic carbocycles. The van der Waals surface area contributed by atoms with Gasteiger partial charge in [-0.25, -0.2) is 0 Å². The smallest absolute Gasteiger partial charge is 0.235 e. The summed E-state index contributed by atoms with van der Waals surface area (Å²) in [6.45, 7) is 1.96. The van der Waals surface area contributed by atoms with E-state index < -0.39 is 5.41 Å². The number of hydrogen-bond acceptors (Lipinski definition) is 2. The number of anilines is 1. The molecule has 1 aromatic rings. The van der Waals surface area contributed by atoms with Crippen molar-refractivity contribution in [1.82, 2.24) is 0 Å². The Labute approximate surface area is 100 Å². The van der Waals surface area contributed by atoms with Crippen molar-refractivity contribution in [3.8, 4) is 0 Å². The second-order valence-electron chi connectivity index (χ2n) is 4.40. The highest BCUT2D eigenvalue weighted by Gasteiger charge is 2.44. The molecular weight excluding hydrogens is 216 g/mol. The lowest BCUT2D eigenvalue weighted by Crippen LogP contribution is -2.35. The highest BCUT2D eigenvalue weighted by Crippen LogP contribution is 2.43. The summed E-state index contributed by atoms with van der Waals surface area (Å²) in [5.74, 6) is -0.391. The maximum atomic E-state index is 12.1. The summed E-state index contributed by atoms with van der Waals surface area (Å²) in [4.78, 5) is 23.1. The highest BCUT2D eigenvalue weighted by atomic mass is 16.2. The molecule has 4 heteroatoms. The highest BCUT2D eigenvalue weighted by molar-refractivity contribution is 6.06. The third kappa shape index (κ3) is 1.79. The van der Waals surface area contributed by atoms with Crippen LogP contribution >= 0.6 is 0 Å². The lowest BCUT2D eigenvalue weighted by atomic mass is 9.75. The Bertz CT molecular complexity index is 470. The van der Waals surface area contributed by atoms with Gasteiger partial charge in [-0.1, -0.05) is 25.1 Å². The summed E-state index contributed by atoms with van der Waals surface area (Å²) < 4.78 is 0. The molecule has 17 heavy (non-hydrogen) atoms. The molecule has 1 heterocycles. The third-order valence-corrected chi connectivity index (χ3v) is 3.53. The summed E-state index contributed by atoms with van der Waals surface area (Å²) in [5, 5.41) is 2.87.